The number of aliphatic hydroxyl groups excluding tert-OH is 3. The monoisotopic (exact) mass is 430 g/mol. The van der Waals surface area contributed by atoms with Gasteiger partial charge in [0.1, 0.15) is 35.6 Å². The van der Waals surface area contributed by atoms with Gasteiger partial charge in [0.15, 0.2) is 0 Å². The molecular weight excluding hydrogens is 400 g/mol. The van der Waals surface area contributed by atoms with Gasteiger partial charge in [-0.15, -0.1) is 11.8 Å². The number of hydrogen-bond acceptors (Lipinski definition) is 6. The van der Waals surface area contributed by atoms with Gasteiger partial charge in [-0.2, -0.15) is 0 Å². The summed E-state index contributed by atoms with van der Waals surface area (Å²) in [7, 11) is 0. The van der Waals surface area contributed by atoms with Gasteiger partial charge in [-0.3, -0.25) is 0 Å². The van der Waals surface area contributed by atoms with Crippen molar-refractivity contribution in [2.24, 2.45) is 0 Å². The molecule has 1 saturated heterocycles. The molecule has 2 aromatic rings. The van der Waals surface area contributed by atoms with Gasteiger partial charge in [-0.1, -0.05) is 37.3 Å². The van der Waals surface area contributed by atoms with Crippen LogP contribution in [0.5, 0.6) is 5.75 Å². The van der Waals surface area contributed by atoms with Crippen molar-refractivity contribution in [3.05, 3.63) is 64.2 Å². The van der Waals surface area contributed by atoms with E-state index in [2.05, 4.69) is 37.3 Å². The molecule has 0 aliphatic carbocycles. The average Bonchev–Trinajstić information content (AvgIpc) is 2.77. The predicted molar refractivity (Wildman–Crippen MR) is 118 cm³/mol. The molecule has 2 heterocycles. The Hall–Kier alpha value is -1.57. The first-order valence-corrected chi connectivity index (χ1v) is 11.9. The largest absolute Gasteiger partial charge is 0.493 e. The normalized spacial score (nSPS) is 28.6. The number of rotatable bonds is 5. The van der Waals surface area contributed by atoms with Crippen molar-refractivity contribution in [3.8, 4) is 5.75 Å². The lowest BCUT2D eigenvalue weighted by atomic mass is 9.89. The molecule has 0 spiro atoms. The minimum atomic E-state index is -1.24. The Morgan fingerprint density at radius 1 is 1.00 bits per heavy atom. The molecule has 0 saturated carbocycles. The van der Waals surface area contributed by atoms with Gasteiger partial charge in [0.25, 0.3) is 0 Å². The molecule has 2 aliphatic heterocycles. The molecule has 4 rings (SSSR count). The van der Waals surface area contributed by atoms with E-state index in [1.54, 1.807) is 0 Å². The maximum Gasteiger partial charge on any atom is 0.132 e. The maximum absolute atomic E-state index is 10.6. The van der Waals surface area contributed by atoms with Crippen LogP contribution < -0.4 is 4.74 Å². The van der Waals surface area contributed by atoms with Crippen molar-refractivity contribution >= 4 is 11.8 Å². The molecule has 0 unspecified atom stereocenters. The third-order valence-corrected chi connectivity index (χ3v) is 6.96. The Balaban J connectivity index is 1.62. The Kier molecular flexibility index (Phi) is 6.70. The fourth-order valence-corrected chi connectivity index (χ4v) is 5.06. The van der Waals surface area contributed by atoms with E-state index in [4.69, 9.17) is 9.47 Å². The highest BCUT2D eigenvalue weighted by atomic mass is 32.2. The fourth-order valence-electron chi connectivity index (χ4n) is 4.39. The van der Waals surface area contributed by atoms with E-state index in [0.717, 1.165) is 43.6 Å². The Labute approximate surface area is 182 Å². The lowest BCUT2D eigenvalue weighted by Crippen LogP contribution is -2.52. The molecule has 2 aliphatic rings. The number of aryl methyl sites for hydroxylation is 2. The molecule has 0 bridgehead atoms. The molecule has 0 aromatic heterocycles. The topological polar surface area (TPSA) is 79.2 Å². The quantitative estimate of drug-likeness (QED) is 0.677. The highest BCUT2D eigenvalue weighted by molar-refractivity contribution is 7.99. The number of ether oxygens (including phenoxy) is 2. The van der Waals surface area contributed by atoms with E-state index < -0.39 is 29.9 Å². The summed E-state index contributed by atoms with van der Waals surface area (Å²) >= 11 is 1.33. The van der Waals surface area contributed by atoms with Crippen molar-refractivity contribution in [3.63, 3.8) is 0 Å². The van der Waals surface area contributed by atoms with Crippen LogP contribution in [0, 0.1) is 0 Å². The summed E-state index contributed by atoms with van der Waals surface area (Å²) in [5.41, 5.74) is 5.17. The highest BCUT2D eigenvalue weighted by Gasteiger charge is 2.44. The molecular formula is C24H30O5S. The van der Waals surface area contributed by atoms with Crippen molar-refractivity contribution in [2.45, 2.75) is 62.5 Å². The Morgan fingerprint density at radius 3 is 2.60 bits per heavy atom. The molecule has 5 atom stereocenters. The molecule has 0 radical (unpaired) electrons. The van der Waals surface area contributed by atoms with Gasteiger partial charge in [0, 0.05) is 0 Å². The molecule has 162 valence electrons. The van der Waals surface area contributed by atoms with Gasteiger partial charge < -0.3 is 24.8 Å². The van der Waals surface area contributed by atoms with E-state index in [9.17, 15) is 15.3 Å². The number of thioether (sulfide) groups is 1. The summed E-state index contributed by atoms with van der Waals surface area (Å²) in [6, 6.07) is 12.5. The van der Waals surface area contributed by atoms with Gasteiger partial charge >= 0.3 is 0 Å². The summed E-state index contributed by atoms with van der Waals surface area (Å²) in [5, 5.41) is 31.0. The summed E-state index contributed by atoms with van der Waals surface area (Å²) in [4.78, 5) is 0. The molecule has 6 heteroatoms. The van der Waals surface area contributed by atoms with E-state index in [-0.39, 0.29) is 0 Å². The SMILES string of the molecule is CCc1ccc([C@@H]2O[C@H](SC)[C@@H](O)[C@H](O)[C@H]2O)cc1Cc1ccc2c(c1)CCCO2. The average molecular weight is 431 g/mol. The molecule has 3 N–H and O–H groups in total. The number of benzene rings is 2. The zero-order valence-corrected chi connectivity index (χ0v) is 18.3. The molecule has 0 amide bonds. The molecule has 5 nitrogen and oxygen atoms in total. The summed E-state index contributed by atoms with van der Waals surface area (Å²) in [6.45, 7) is 2.92. The second-order valence-electron chi connectivity index (χ2n) is 8.09. The number of aliphatic hydroxyl groups is 3. The van der Waals surface area contributed by atoms with Crippen molar-refractivity contribution in [2.75, 3.05) is 12.9 Å². The first-order chi connectivity index (χ1) is 14.5. The Bertz CT molecular complexity index is 884. The third-order valence-electron chi connectivity index (χ3n) is 6.11. The van der Waals surface area contributed by atoms with E-state index in [0.29, 0.717) is 0 Å². The second-order valence-corrected chi connectivity index (χ2v) is 9.02. The van der Waals surface area contributed by atoms with E-state index in [1.165, 1.54) is 34.0 Å². The highest BCUT2D eigenvalue weighted by Crippen LogP contribution is 2.37. The van der Waals surface area contributed by atoms with Crippen LogP contribution in [0.2, 0.25) is 0 Å². The Morgan fingerprint density at radius 2 is 1.83 bits per heavy atom. The molecule has 1 fully saturated rings. The third kappa shape index (κ3) is 4.25. The van der Waals surface area contributed by atoms with Crippen LogP contribution in [0.4, 0.5) is 0 Å². The van der Waals surface area contributed by atoms with Crippen LogP contribution in [-0.2, 0) is 24.0 Å². The van der Waals surface area contributed by atoms with E-state index in [1.807, 2.05) is 12.3 Å². The standard InChI is InChI=1S/C24H30O5S/c1-3-15-7-8-17(23-21(26)20(25)22(27)24(29-23)30-2)13-18(15)12-14-6-9-19-16(11-14)5-4-10-28-19/h6-9,11,13,20-27H,3-5,10,12H2,1-2H3/t20-,21-,22+,23+,24-/m1/s1. The van der Waals surface area contributed by atoms with Crippen molar-refractivity contribution in [1.82, 2.24) is 0 Å². The minimum absolute atomic E-state index is 0.580. The van der Waals surface area contributed by atoms with Crippen LogP contribution >= 0.6 is 11.8 Å². The van der Waals surface area contributed by atoms with Crippen LogP contribution in [0.3, 0.4) is 0 Å². The van der Waals surface area contributed by atoms with Crippen LogP contribution in [0.1, 0.15) is 47.3 Å². The zero-order valence-electron chi connectivity index (χ0n) is 17.5. The zero-order chi connectivity index (χ0) is 21.3. The van der Waals surface area contributed by atoms with Crippen LogP contribution in [-0.4, -0.2) is 51.9 Å². The smallest absolute Gasteiger partial charge is 0.132 e. The van der Waals surface area contributed by atoms with Gasteiger partial charge in [-0.25, -0.2) is 0 Å². The fraction of sp³-hybridized carbons (Fsp3) is 0.500. The lowest BCUT2D eigenvalue weighted by Gasteiger charge is -2.40. The second kappa shape index (κ2) is 9.28. The van der Waals surface area contributed by atoms with Crippen LogP contribution in [0.15, 0.2) is 36.4 Å². The number of hydrogen-bond donors (Lipinski definition) is 3. The van der Waals surface area contributed by atoms with Crippen LogP contribution in [0.25, 0.3) is 0 Å². The summed E-state index contributed by atoms with van der Waals surface area (Å²) < 4.78 is 11.7. The van der Waals surface area contributed by atoms with Gasteiger partial charge in [0.2, 0.25) is 0 Å². The van der Waals surface area contributed by atoms with Crippen molar-refractivity contribution < 1.29 is 24.8 Å². The molecule has 2 aromatic carbocycles. The van der Waals surface area contributed by atoms with Crippen molar-refractivity contribution in [1.29, 1.82) is 0 Å². The number of fused-ring (bicyclic) bond motifs is 1. The van der Waals surface area contributed by atoms with E-state index >= 15 is 0 Å². The summed E-state index contributed by atoms with van der Waals surface area (Å²) in [6.07, 6.45) is 1.40. The van der Waals surface area contributed by atoms with Gasteiger partial charge in [0.05, 0.1) is 6.61 Å². The maximum atomic E-state index is 10.6. The lowest BCUT2D eigenvalue weighted by molar-refractivity contribution is -0.200. The minimum Gasteiger partial charge on any atom is -0.493 e. The predicted octanol–water partition coefficient (Wildman–Crippen LogP) is 3.01. The summed E-state index contributed by atoms with van der Waals surface area (Å²) in [5.74, 6) is 0.990. The van der Waals surface area contributed by atoms with Gasteiger partial charge in [-0.05, 0) is 65.8 Å². The first-order valence-electron chi connectivity index (χ1n) is 10.6. The molecule has 30 heavy (non-hydrogen) atoms. The first kappa shape index (κ1) is 21.7.